The molecule has 0 heterocycles. The van der Waals surface area contributed by atoms with Gasteiger partial charge in [-0.1, -0.05) is 36.4 Å². The molecule has 4 rings (SSSR count). The van der Waals surface area contributed by atoms with Crippen LogP contribution in [0.4, 0.5) is 0 Å². The van der Waals surface area contributed by atoms with E-state index < -0.39 is 20.5 Å². The van der Waals surface area contributed by atoms with Crippen LogP contribution in [0, 0.1) is 0 Å². The lowest BCUT2D eigenvalue weighted by atomic mass is 10.2. The highest BCUT2D eigenvalue weighted by Crippen LogP contribution is 2.39. The number of ether oxygens (including phenoxy) is 5. The summed E-state index contributed by atoms with van der Waals surface area (Å²) in [6.45, 7) is 0. The van der Waals surface area contributed by atoms with E-state index in [-0.39, 0.29) is 34.1 Å². The Hall–Kier alpha value is -4.68. The highest BCUT2D eigenvalue weighted by molar-refractivity contribution is 7.66. The summed E-state index contributed by atoms with van der Waals surface area (Å²) in [5.74, 6) is 0.0568. The second-order valence-corrected chi connectivity index (χ2v) is 9.27. The number of carbonyl (C=O) groups excluding carboxylic acids is 3. The molecule has 0 spiro atoms. The Balaban J connectivity index is 1.68. The molecular formula is C30H25O8P. The van der Waals surface area contributed by atoms with Crippen LogP contribution >= 0.6 is 8.58 Å². The Labute approximate surface area is 227 Å². The van der Waals surface area contributed by atoms with Crippen LogP contribution in [-0.2, 0) is 0 Å². The van der Waals surface area contributed by atoms with E-state index in [4.69, 9.17) is 23.7 Å². The van der Waals surface area contributed by atoms with E-state index in [0.29, 0.717) is 22.2 Å². The maximum absolute atomic E-state index is 13.5. The van der Waals surface area contributed by atoms with Crippen molar-refractivity contribution in [3.05, 3.63) is 108 Å². The predicted molar refractivity (Wildman–Crippen MR) is 148 cm³/mol. The molecule has 9 heteroatoms. The van der Waals surface area contributed by atoms with Crippen molar-refractivity contribution in [3.63, 3.8) is 0 Å². The van der Waals surface area contributed by atoms with Crippen LogP contribution in [0.5, 0.6) is 28.7 Å². The van der Waals surface area contributed by atoms with Crippen LogP contribution < -0.4 is 29.0 Å². The standard InChI is InChI=1S/C30H25O8P/c1-34-22-17-24(35-2)27(25(18-22)36-3)30(33)39-26-15-14-21(37-28(31)19-10-6-4-7-11-19)16-23(26)38-29(32)20-12-8-5-9-13-20/h4-18,39H,1-3H3. The van der Waals surface area contributed by atoms with Crippen molar-refractivity contribution >= 4 is 31.3 Å². The molecule has 0 fully saturated rings. The number of esters is 2. The van der Waals surface area contributed by atoms with Gasteiger partial charge in [0.25, 0.3) is 0 Å². The Kier molecular flexibility index (Phi) is 8.92. The van der Waals surface area contributed by atoms with Gasteiger partial charge in [0.1, 0.15) is 34.3 Å². The molecule has 0 N–H and O–H groups in total. The van der Waals surface area contributed by atoms with Gasteiger partial charge in [0.15, 0.2) is 5.52 Å². The number of hydrogen-bond donors (Lipinski definition) is 0. The third-order valence-electron chi connectivity index (χ3n) is 5.58. The van der Waals surface area contributed by atoms with Crippen molar-refractivity contribution in [2.75, 3.05) is 21.3 Å². The number of hydrogen-bond acceptors (Lipinski definition) is 8. The maximum atomic E-state index is 13.5. The summed E-state index contributed by atoms with van der Waals surface area (Å²) < 4.78 is 27.3. The second-order valence-electron chi connectivity index (χ2n) is 8.03. The third-order valence-corrected chi connectivity index (χ3v) is 6.74. The molecule has 0 saturated carbocycles. The molecule has 1 unspecified atom stereocenters. The third kappa shape index (κ3) is 6.61. The van der Waals surface area contributed by atoms with Gasteiger partial charge in [0.2, 0.25) is 0 Å². The summed E-state index contributed by atoms with van der Waals surface area (Å²) in [6.07, 6.45) is 0. The van der Waals surface area contributed by atoms with Crippen LogP contribution in [0.1, 0.15) is 31.1 Å². The van der Waals surface area contributed by atoms with E-state index in [1.165, 1.54) is 27.4 Å². The van der Waals surface area contributed by atoms with Gasteiger partial charge in [-0.15, -0.1) is 0 Å². The SMILES string of the molecule is COc1cc(OC)c(C(=O)Pc2ccc(OC(=O)c3ccccc3)cc2OC(=O)c2ccccc2)c(OC)c1. The molecule has 1 atom stereocenters. The topological polar surface area (TPSA) is 97.4 Å². The number of rotatable bonds is 10. The number of benzene rings is 4. The summed E-state index contributed by atoms with van der Waals surface area (Å²) in [7, 11) is 3.90. The normalized spacial score (nSPS) is 10.6. The first-order valence-corrected chi connectivity index (χ1v) is 12.7. The van der Waals surface area contributed by atoms with Crippen molar-refractivity contribution < 1.29 is 38.1 Å². The number of carbonyl (C=O) groups is 3. The lowest BCUT2D eigenvalue weighted by Crippen LogP contribution is -2.15. The molecular weight excluding hydrogens is 519 g/mol. The van der Waals surface area contributed by atoms with Gasteiger partial charge >= 0.3 is 11.9 Å². The van der Waals surface area contributed by atoms with Gasteiger partial charge in [-0.3, -0.25) is 4.79 Å². The Morgan fingerprint density at radius 1 is 0.564 bits per heavy atom. The smallest absolute Gasteiger partial charge is 0.343 e. The molecule has 4 aromatic carbocycles. The van der Waals surface area contributed by atoms with Crippen molar-refractivity contribution in [2.45, 2.75) is 0 Å². The Morgan fingerprint density at radius 2 is 1.08 bits per heavy atom. The zero-order valence-electron chi connectivity index (χ0n) is 21.4. The molecule has 39 heavy (non-hydrogen) atoms. The molecule has 8 nitrogen and oxygen atoms in total. The molecule has 0 amide bonds. The predicted octanol–water partition coefficient (Wildman–Crippen LogP) is 5.30. The van der Waals surface area contributed by atoms with Crippen LogP contribution in [0.2, 0.25) is 0 Å². The lowest BCUT2D eigenvalue weighted by Gasteiger charge is -2.16. The first-order valence-electron chi connectivity index (χ1n) is 11.7. The van der Waals surface area contributed by atoms with Crippen LogP contribution in [-0.4, -0.2) is 38.8 Å². The van der Waals surface area contributed by atoms with Gasteiger partial charge in [-0.25, -0.2) is 9.59 Å². The van der Waals surface area contributed by atoms with Gasteiger partial charge in [0.05, 0.1) is 32.5 Å². The monoisotopic (exact) mass is 544 g/mol. The lowest BCUT2D eigenvalue weighted by molar-refractivity contribution is 0.0733. The fourth-order valence-electron chi connectivity index (χ4n) is 3.64. The number of methoxy groups -OCH3 is 3. The Morgan fingerprint density at radius 3 is 1.59 bits per heavy atom. The highest BCUT2D eigenvalue weighted by Gasteiger charge is 2.23. The minimum Gasteiger partial charge on any atom is -0.496 e. The molecule has 0 aromatic heterocycles. The van der Waals surface area contributed by atoms with E-state index in [0.717, 1.165) is 0 Å². The fraction of sp³-hybridized carbons (Fsp3) is 0.100. The van der Waals surface area contributed by atoms with Crippen molar-refractivity contribution in [2.24, 2.45) is 0 Å². The zero-order chi connectivity index (χ0) is 27.8. The van der Waals surface area contributed by atoms with Gasteiger partial charge in [-0.05, 0) is 45.0 Å². The largest absolute Gasteiger partial charge is 0.496 e. The van der Waals surface area contributed by atoms with Gasteiger partial charge < -0.3 is 23.7 Å². The molecule has 0 radical (unpaired) electrons. The first-order chi connectivity index (χ1) is 18.9. The molecule has 0 aliphatic carbocycles. The summed E-state index contributed by atoms with van der Waals surface area (Å²) >= 11 is 0. The minimum atomic E-state index is -0.625. The molecule has 0 aliphatic rings. The first kappa shape index (κ1) is 27.4. The molecule has 0 bridgehead atoms. The summed E-state index contributed by atoms with van der Waals surface area (Å²) in [6, 6.07) is 24.6. The molecule has 198 valence electrons. The molecule has 4 aromatic rings. The zero-order valence-corrected chi connectivity index (χ0v) is 22.4. The highest BCUT2D eigenvalue weighted by atomic mass is 31.1. The van der Waals surface area contributed by atoms with Gasteiger partial charge in [0, 0.05) is 23.5 Å². The average molecular weight is 544 g/mol. The van der Waals surface area contributed by atoms with Crippen LogP contribution in [0.25, 0.3) is 0 Å². The fourth-order valence-corrected chi connectivity index (χ4v) is 4.67. The minimum absolute atomic E-state index is 0.0837. The maximum Gasteiger partial charge on any atom is 0.343 e. The summed E-state index contributed by atoms with van der Waals surface area (Å²) in [5.41, 5.74) is 0.583. The van der Waals surface area contributed by atoms with Crippen molar-refractivity contribution in [1.82, 2.24) is 0 Å². The quantitative estimate of drug-likeness (QED) is 0.151. The summed E-state index contributed by atoms with van der Waals surface area (Å²) in [5, 5.41) is 0.420. The molecule has 0 saturated heterocycles. The van der Waals surface area contributed by atoms with E-state index in [9.17, 15) is 14.4 Å². The van der Waals surface area contributed by atoms with E-state index >= 15 is 0 Å². The van der Waals surface area contributed by atoms with Crippen LogP contribution in [0.3, 0.4) is 0 Å². The van der Waals surface area contributed by atoms with Gasteiger partial charge in [-0.2, -0.15) is 0 Å². The Bertz CT molecular complexity index is 1460. The van der Waals surface area contributed by atoms with E-state index in [2.05, 4.69) is 0 Å². The second kappa shape index (κ2) is 12.7. The van der Waals surface area contributed by atoms with E-state index in [1.807, 2.05) is 0 Å². The van der Waals surface area contributed by atoms with Crippen LogP contribution in [0.15, 0.2) is 91.0 Å². The van der Waals surface area contributed by atoms with Crippen molar-refractivity contribution in [3.8, 4) is 28.7 Å². The van der Waals surface area contributed by atoms with Crippen molar-refractivity contribution in [1.29, 1.82) is 0 Å². The summed E-state index contributed by atoms with van der Waals surface area (Å²) in [4.78, 5) is 39.0. The average Bonchev–Trinajstić information content (AvgIpc) is 2.98. The molecule has 0 aliphatic heterocycles. The van der Waals surface area contributed by atoms with E-state index in [1.54, 1.807) is 84.9 Å².